The Balaban J connectivity index is 1.78. The molecule has 5 nitrogen and oxygen atoms in total. The lowest BCUT2D eigenvalue weighted by atomic mass is 10.0. The number of nitrogens with zero attached hydrogens (tertiary/aromatic N) is 2. The lowest BCUT2D eigenvalue weighted by molar-refractivity contribution is -0.139. The third-order valence-electron chi connectivity index (χ3n) is 5.54. The SMILES string of the molecule is Cc1ccc(CN2C(=O)C(c3ccc(Cl)cc3Cl)=C(N3CC(C)OC(C)C3)C2=O)cc1. The van der Waals surface area contributed by atoms with Crippen LogP contribution in [0.3, 0.4) is 0 Å². The molecule has 2 aromatic carbocycles. The van der Waals surface area contributed by atoms with E-state index in [9.17, 15) is 9.59 Å². The number of carbonyl (C=O) groups is 2. The Hall–Kier alpha value is -2.34. The van der Waals surface area contributed by atoms with Crippen molar-refractivity contribution < 1.29 is 14.3 Å². The fourth-order valence-corrected chi connectivity index (χ4v) is 4.67. The molecule has 162 valence electrons. The molecule has 7 heteroatoms. The van der Waals surface area contributed by atoms with Gasteiger partial charge in [-0.15, -0.1) is 0 Å². The predicted molar refractivity (Wildman–Crippen MR) is 122 cm³/mol. The number of morpholine rings is 1. The summed E-state index contributed by atoms with van der Waals surface area (Å²) in [5.74, 6) is -0.663. The molecule has 2 aromatic rings. The predicted octanol–water partition coefficient (Wildman–Crippen LogP) is 4.69. The van der Waals surface area contributed by atoms with Gasteiger partial charge in [-0.05, 0) is 38.5 Å². The molecule has 2 atom stereocenters. The van der Waals surface area contributed by atoms with Crippen molar-refractivity contribution in [2.45, 2.75) is 39.5 Å². The Morgan fingerprint density at radius 3 is 2.23 bits per heavy atom. The Morgan fingerprint density at radius 1 is 0.968 bits per heavy atom. The Kier molecular flexibility index (Phi) is 6.11. The maximum atomic E-state index is 13.6. The maximum absolute atomic E-state index is 13.6. The van der Waals surface area contributed by atoms with E-state index in [1.165, 1.54) is 4.90 Å². The number of ether oxygens (including phenoxy) is 1. The lowest BCUT2D eigenvalue weighted by Crippen LogP contribution is -2.46. The van der Waals surface area contributed by atoms with Crippen molar-refractivity contribution in [2.75, 3.05) is 13.1 Å². The molecule has 0 bridgehead atoms. The average molecular weight is 459 g/mol. The molecule has 0 aliphatic carbocycles. The van der Waals surface area contributed by atoms with Gasteiger partial charge in [0.25, 0.3) is 11.8 Å². The zero-order chi connectivity index (χ0) is 22.3. The lowest BCUT2D eigenvalue weighted by Gasteiger charge is -2.37. The summed E-state index contributed by atoms with van der Waals surface area (Å²) in [4.78, 5) is 30.3. The highest BCUT2D eigenvalue weighted by atomic mass is 35.5. The van der Waals surface area contributed by atoms with Crippen molar-refractivity contribution >= 4 is 40.6 Å². The first-order chi connectivity index (χ1) is 14.7. The minimum Gasteiger partial charge on any atom is -0.372 e. The number of benzene rings is 2. The fraction of sp³-hybridized carbons (Fsp3) is 0.333. The van der Waals surface area contributed by atoms with E-state index in [1.807, 2.05) is 49.9 Å². The number of hydrogen-bond acceptors (Lipinski definition) is 4. The molecule has 4 rings (SSSR count). The van der Waals surface area contributed by atoms with Gasteiger partial charge in [0.1, 0.15) is 5.70 Å². The van der Waals surface area contributed by atoms with Crippen molar-refractivity contribution in [3.8, 4) is 0 Å². The number of carbonyl (C=O) groups excluding carboxylic acids is 2. The van der Waals surface area contributed by atoms with E-state index >= 15 is 0 Å². The number of rotatable bonds is 4. The van der Waals surface area contributed by atoms with Crippen LogP contribution in [0.25, 0.3) is 5.57 Å². The molecule has 2 heterocycles. The van der Waals surface area contributed by atoms with Crippen LogP contribution in [-0.4, -0.2) is 46.9 Å². The summed E-state index contributed by atoms with van der Waals surface area (Å²) < 4.78 is 5.83. The van der Waals surface area contributed by atoms with Crippen molar-refractivity contribution in [2.24, 2.45) is 0 Å². The number of imide groups is 1. The van der Waals surface area contributed by atoms with Gasteiger partial charge in [0.2, 0.25) is 0 Å². The molecule has 0 aromatic heterocycles. The molecule has 0 radical (unpaired) electrons. The largest absolute Gasteiger partial charge is 0.372 e. The van der Waals surface area contributed by atoms with Crippen LogP contribution in [0.1, 0.15) is 30.5 Å². The highest BCUT2D eigenvalue weighted by Crippen LogP contribution is 2.37. The molecule has 1 saturated heterocycles. The van der Waals surface area contributed by atoms with Gasteiger partial charge >= 0.3 is 0 Å². The maximum Gasteiger partial charge on any atom is 0.278 e. The van der Waals surface area contributed by atoms with Crippen molar-refractivity contribution in [1.29, 1.82) is 0 Å². The van der Waals surface area contributed by atoms with E-state index in [1.54, 1.807) is 18.2 Å². The third-order valence-corrected chi connectivity index (χ3v) is 6.09. The normalized spacial score (nSPS) is 22.0. The van der Waals surface area contributed by atoms with Crippen LogP contribution in [0.5, 0.6) is 0 Å². The molecule has 31 heavy (non-hydrogen) atoms. The van der Waals surface area contributed by atoms with Crippen LogP contribution in [0.2, 0.25) is 10.0 Å². The van der Waals surface area contributed by atoms with E-state index in [0.717, 1.165) is 11.1 Å². The van der Waals surface area contributed by atoms with E-state index in [0.29, 0.717) is 40.0 Å². The summed E-state index contributed by atoms with van der Waals surface area (Å²) >= 11 is 12.5. The smallest absolute Gasteiger partial charge is 0.278 e. The summed E-state index contributed by atoms with van der Waals surface area (Å²) in [6.45, 7) is 7.16. The van der Waals surface area contributed by atoms with E-state index < -0.39 is 0 Å². The van der Waals surface area contributed by atoms with Crippen molar-refractivity contribution in [3.05, 3.63) is 74.9 Å². The van der Waals surface area contributed by atoms with Crippen molar-refractivity contribution in [3.63, 3.8) is 0 Å². The van der Waals surface area contributed by atoms with Crippen LogP contribution in [0.4, 0.5) is 0 Å². The summed E-state index contributed by atoms with van der Waals surface area (Å²) in [5.41, 5.74) is 3.21. The van der Waals surface area contributed by atoms with Gasteiger partial charge in [-0.2, -0.15) is 0 Å². The standard InChI is InChI=1S/C24H24Cl2N2O3/c1-14-4-6-17(7-5-14)13-28-23(29)21(19-9-8-18(25)10-20(19)26)22(24(28)30)27-11-15(2)31-16(3)12-27/h4-10,15-16H,11-13H2,1-3H3. The second kappa shape index (κ2) is 8.65. The molecular formula is C24H24Cl2N2O3. The molecule has 0 spiro atoms. The van der Waals surface area contributed by atoms with E-state index in [2.05, 4.69) is 0 Å². The van der Waals surface area contributed by atoms with Gasteiger partial charge in [-0.25, -0.2) is 0 Å². The third kappa shape index (κ3) is 4.36. The van der Waals surface area contributed by atoms with Crippen LogP contribution in [0, 0.1) is 6.92 Å². The van der Waals surface area contributed by atoms with E-state index in [-0.39, 0.29) is 30.6 Å². The van der Waals surface area contributed by atoms with Crippen LogP contribution in [-0.2, 0) is 20.9 Å². The second-order valence-electron chi connectivity index (χ2n) is 8.19. The molecule has 2 aliphatic heterocycles. The first-order valence-corrected chi connectivity index (χ1v) is 11.0. The summed E-state index contributed by atoms with van der Waals surface area (Å²) in [6, 6.07) is 12.8. The molecule has 0 saturated carbocycles. The fourth-order valence-electron chi connectivity index (χ4n) is 4.17. The average Bonchev–Trinajstić information content (AvgIpc) is 2.93. The summed E-state index contributed by atoms with van der Waals surface area (Å²) in [6.07, 6.45) is -0.125. The zero-order valence-electron chi connectivity index (χ0n) is 17.7. The molecule has 2 aliphatic rings. The van der Waals surface area contributed by atoms with E-state index in [4.69, 9.17) is 27.9 Å². The Labute approximate surface area is 192 Å². The molecule has 2 unspecified atom stereocenters. The van der Waals surface area contributed by atoms with Gasteiger partial charge in [0.15, 0.2) is 0 Å². The number of aryl methyl sites for hydroxylation is 1. The highest BCUT2D eigenvalue weighted by Gasteiger charge is 2.43. The van der Waals surface area contributed by atoms with Crippen LogP contribution < -0.4 is 0 Å². The minimum absolute atomic E-state index is 0.0627. The number of halogens is 2. The van der Waals surface area contributed by atoms with Crippen LogP contribution in [0.15, 0.2) is 48.2 Å². The van der Waals surface area contributed by atoms with Gasteiger partial charge in [-0.3, -0.25) is 14.5 Å². The monoisotopic (exact) mass is 458 g/mol. The quantitative estimate of drug-likeness (QED) is 0.623. The summed E-state index contributed by atoms with van der Waals surface area (Å²) in [5, 5.41) is 0.811. The zero-order valence-corrected chi connectivity index (χ0v) is 19.2. The van der Waals surface area contributed by atoms with Gasteiger partial charge in [-0.1, -0.05) is 59.1 Å². The summed E-state index contributed by atoms with van der Waals surface area (Å²) in [7, 11) is 0. The van der Waals surface area contributed by atoms with Gasteiger partial charge < -0.3 is 9.64 Å². The molecule has 0 N–H and O–H groups in total. The Morgan fingerprint density at radius 2 is 1.61 bits per heavy atom. The number of hydrogen-bond donors (Lipinski definition) is 0. The first kappa shape index (κ1) is 21.9. The van der Waals surface area contributed by atoms with Crippen molar-refractivity contribution in [1.82, 2.24) is 9.80 Å². The molecular weight excluding hydrogens is 435 g/mol. The Bertz CT molecular complexity index is 1050. The topological polar surface area (TPSA) is 49.9 Å². The highest BCUT2D eigenvalue weighted by molar-refractivity contribution is 6.41. The molecule has 1 fully saturated rings. The first-order valence-electron chi connectivity index (χ1n) is 10.3. The van der Waals surface area contributed by atoms with Gasteiger partial charge in [0.05, 0.1) is 29.3 Å². The molecule has 2 amide bonds. The van der Waals surface area contributed by atoms with Gasteiger partial charge in [0, 0.05) is 23.7 Å². The second-order valence-corrected chi connectivity index (χ2v) is 9.04. The number of amides is 2. The van der Waals surface area contributed by atoms with Crippen LogP contribution >= 0.6 is 23.2 Å². The minimum atomic E-state index is -0.350.